The lowest BCUT2D eigenvalue weighted by atomic mass is 10.2. The highest BCUT2D eigenvalue weighted by atomic mass is 19.1. The molecule has 25 heavy (non-hydrogen) atoms. The van der Waals surface area contributed by atoms with Crippen LogP contribution in [0.25, 0.3) is 0 Å². The van der Waals surface area contributed by atoms with Gasteiger partial charge < -0.3 is 15.5 Å². The molecule has 6 nitrogen and oxygen atoms in total. The predicted molar refractivity (Wildman–Crippen MR) is 94.1 cm³/mol. The Labute approximate surface area is 146 Å². The number of rotatable bonds is 7. The molecule has 2 aromatic rings. The molecule has 0 fully saturated rings. The molecule has 0 aliphatic carbocycles. The Morgan fingerprint density at radius 3 is 2.52 bits per heavy atom. The number of hydrogen-bond donors (Lipinski definition) is 2. The summed E-state index contributed by atoms with van der Waals surface area (Å²) in [4.78, 5) is 30.4. The van der Waals surface area contributed by atoms with Crippen LogP contribution in [-0.2, 0) is 0 Å². The maximum absolute atomic E-state index is 12.9. The number of nitrogens with zero attached hydrogens (tertiary/aromatic N) is 2. The Morgan fingerprint density at radius 2 is 1.84 bits per heavy atom. The second-order valence-electron chi connectivity index (χ2n) is 5.80. The van der Waals surface area contributed by atoms with Gasteiger partial charge in [-0.05, 0) is 63.5 Å². The molecule has 2 N–H and O–H groups in total. The summed E-state index contributed by atoms with van der Waals surface area (Å²) in [5, 5.41) is 5.42. The molecule has 0 atom stereocenters. The average Bonchev–Trinajstić information content (AvgIpc) is 2.60. The molecule has 132 valence electrons. The molecule has 0 bridgehead atoms. The first-order chi connectivity index (χ1) is 12.0. The third kappa shape index (κ3) is 5.96. The summed E-state index contributed by atoms with van der Waals surface area (Å²) in [6.07, 6.45) is 2.25. The topological polar surface area (TPSA) is 74.3 Å². The highest BCUT2D eigenvalue weighted by Crippen LogP contribution is 2.10. The van der Waals surface area contributed by atoms with Crippen LogP contribution in [-0.4, -0.2) is 48.9 Å². The van der Waals surface area contributed by atoms with Crippen molar-refractivity contribution in [2.75, 3.05) is 32.5 Å². The summed E-state index contributed by atoms with van der Waals surface area (Å²) < 4.78 is 12.9. The molecule has 2 rings (SSSR count). The number of hydrogen-bond acceptors (Lipinski definition) is 4. The van der Waals surface area contributed by atoms with E-state index in [1.54, 1.807) is 6.07 Å². The van der Waals surface area contributed by atoms with Gasteiger partial charge in [0.25, 0.3) is 11.8 Å². The normalized spacial score (nSPS) is 10.6. The number of amides is 2. The third-order valence-electron chi connectivity index (χ3n) is 3.42. The van der Waals surface area contributed by atoms with Crippen molar-refractivity contribution >= 4 is 17.5 Å². The zero-order chi connectivity index (χ0) is 18.2. The molecule has 1 heterocycles. The molecule has 1 aromatic heterocycles. The van der Waals surface area contributed by atoms with Crippen molar-refractivity contribution in [3.8, 4) is 0 Å². The number of halogens is 1. The number of anilines is 1. The van der Waals surface area contributed by atoms with Crippen LogP contribution >= 0.6 is 0 Å². The minimum atomic E-state index is -0.464. The van der Waals surface area contributed by atoms with Crippen LogP contribution in [0.15, 0.2) is 42.6 Å². The van der Waals surface area contributed by atoms with E-state index in [4.69, 9.17) is 0 Å². The van der Waals surface area contributed by atoms with E-state index in [-0.39, 0.29) is 17.4 Å². The lowest BCUT2D eigenvalue weighted by Crippen LogP contribution is -2.27. The van der Waals surface area contributed by atoms with Crippen molar-refractivity contribution in [1.82, 2.24) is 15.2 Å². The monoisotopic (exact) mass is 344 g/mol. The Morgan fingerprint density at radius 1 is 1.12 bits per heavy atom. The highest BCUT2D eigenvalue weighted by molar-refractivity contribution is 6.04. The quantitative estimate of drug-likeness (QED) is 0.755. The van der Waals surface area contributed by atoms with Crippen LogP contribution in [0.5, 0.6) is 0 Å². The summed E-state index contributed by atoms with van der Waals surface area (Å²) in [6, 6.07) is 8.39. The maximum atomic E-state index is 12.9. The molecule has 0 aliphatic rings. The van der Waals surface area contributed by atoms with Crippen LogP contribution < -0.4 is 10.6 Å². The zero-order valence-corrected chi connectivity index (χ0v) is 14.3. The van der Waals surface area contributed by atoms with Crippen LogP contribution in [0.4, 0.5) is 10.1 Å². The van der Waals surface area contributed by atoms with E-state index < -0.39 is 5.91 Å². The number of benzene rings is 1. The van der Waals surface area contributed by atoms with E-state index in [1.807, 2.05) is 19.0 Å². The van der Waals surface area contributed by atoms with E-state index in [1.165, 1.54) is 36.5 Å². The van der Waals surface area contributed by atoms with Gasteiger partial charge in [-0.2, -0.15) is 0 Å². The number of carbonyl (C=O) groups is 2. The van der Waals surface area contributed by atoms with Gasteiger partial charge in [-0.15, -0.1) is 0 Å². The number of pyridine rings is 1. The van der Waals surface area contributed by atoms with Crippen molar-refractivity contribution in [2.45, 2.75) is 6.42 Å². The smallest absolute Gasteiger partial charge is 0.274 e. The van der Waals surface area contributed by atoms with Gasteiger partial charge in [0.2, 0.25) is 0 Å². The van der Waals surface area contributed by atoms with Gasteiger partial charge in [-0.3, -0.25) is 14.6 Å². The molecule has 0 spiro atoms. The van der Waals surface area contributed by atoms with Crippen LogP contribution in [0.1, 0.15) is 27.3 Å². The minimum absolute atomic E-state index is 0.116. The van der Waals surface area contributed by atoms with Crippen LogP contribution in [0, 0.1) is 5.82 Å². The molecular formula is C18H21FN4O2. The summed E-state index contributed by atoms with van der Waals surface area (Å²) in [5.74, 6) is -1.10. The first kappa shape index (κ1) is 18.5. The summed E-state index contributed by atoms with van der Waals surface area (Å²) in [7, 11) is 3.94. The predicted octanol–water partition coefficient (Wildman–Crippen LogP) is 2.15. The van der Waals surface area contributed by atoms with E-state index in [0.717, 1.165) is 13.0 Å². The molecular weight excluding hydrogens is 323 g/mol. The molecule has 2 amide bonds. The van der Waals surface area contributed by atoms with Crippen molar-refractivity contribution in [3.05, 3.63) is 59.7 Å². The van der Waals surface area contributed by atoms with Gasteiger partial charge in [0, 0.05) is 24.0 Å². The molecule has 0 radical (unpaired) electrons. The van der Waals surface area contributed by atoms with Gasteiger partial charge in [-0.1, -0.05) is 0 Å². The fourth-order valence-corrected chi connectivity index (χ4v) is 2.12. The molecule has 1 aromatic carbocycles. The van der Waals surface area contributed by atoms with Crippen molar-refractivity contribution in [3.63, 3.8) is 0 Å². The number of nitrogens with one attached hydrogen (secondary N) is 2. The van der Waals surface area contributed by atoms with Crippen molar-refractivity contribution in [2.24, 2.45) is 0 Å². The van der Waals surface area contributed by atoms with Gasteiger partial charge in [-0.25, -0.2) is 4.39 Å². The molecule has 7 heteroatoms. The highest BCUT2D eigenvalue weighted by Gasteiger charge is 2.12. The van der Waals surface area contributed by atoms with E-state index in [2.05, 4.69) is 15.6 Å². The standard InChI is InChI=1S/C18H21FN4O2/c1-23(2)11-3-9-21-17(24)13-8-10-20-16(12-13)18(25)22-15-6-4-14(19)5-7-15/h4-8,10,12H,3,9,11H2,1-2H3,(H,21,24)(H,22,25). The van der Waals surface area contributed by atoms with Crippen LogP contribution in [0.2, 0.25) is 0 Å². The fraction of sp³-hybridized carbons (Fsp3) is 0.278. The van der Waals surface area contributed by atoms with Crippen molar-refractivity contribution in [1.29, 1.82) is 0 Å². The van der Waals surface area contributed by atoms with Gasteiger partial charge in [0.15, 0.2) is 0 Å². The average molecular weight is 344 g/mol. The first-order valence-corrected chi connectivity index (χ1v) is 7.91. The Bertz CT molecular complexity index is 732. The molecule has 0 saturated carbocycles. The van der Waals surface area contributed by atoms with E-state index in [9.17, 15) is 14.0 Å². The Kier molecular flexibility index (Phi) is 6.59. The lowest BCUT2D eigenvalue weighted by Gasteiger charge is -2.10. The minimum Gasteiger partial charge on any atom is -0.352 e. The van der Waals surface area contributed by atoms with Gasteiger partial charge >= 0.3 is 0 Å². The maximum Gasteiger partial charge on any atom is 0.274 e. The summed E-state index contributed by atoms with van der Waals surface area (Å²) >= 11 is 0. The SMILES string of the molecule is CN(C)CCCNC(=O)c1ccnc(C(=O)Nc2ccc(F)cc2)c1. The van der Waals surface area contributed by atoms with Gasteiger partial charge in [0.1, 0.15) is 11.5 Å². The zero-order valence-electron chi connectivity index (χ0n) is 14.3. The van der Waals surface area contributed by atoms with E-state index in [0.29, 0.717) is 17.8 Å². The van der Waals surface area contributed by atoms with Crippen molar-refractivity contribution < 1.29 is 14.0 Å². The van der Waals surface area contributed by atoms with Crippen LogP contribution in [0.3, 0.4) is 0 Å². The molecule has 0 aliphatic heterocycles. The third-order valence-corrected chi connectivity index (χ3v) is 3.42. The van der Waals surface area contributed by atoms with Gasteiger partial charge in [0.05, 0.1) is 0 Å². The van der Waals surface area contributed by atoms with E-state index >= 15 is 0 Å². The summed E-state index contributed by atoms with van der Waals surface area (Å²) in [6.45, 7) is 1.43. The fourth-order valence-electron chi connectivity index (χ4n) is 2.12. The number of aromatic nitrogens is 1. The Hall–Kier alpha value is -2.80. The summed E-state index contributed by atoms with van der Waals surface area (Å²) in [5.41, 5.74) is 0.932. The number of carbonyl (C=O) groups excluding carboxylic acids is 2. The molecule has 0 saturated heterocycles. The molecule has 0 unspecified atom stereocenters. The largest absolute Gasteiger partial charge is 0.352 e. The first-order valence-electron chi connectivity index (χ1n) is 7.91. The lowest BCUT2D eigenvalue weighted by molar-refractivity contribution is 0.0952. The second kappa shape index (κ2) is 8.89. The Balaban J connectivity index is 1.96. The second-order valence-corrected chi connectivity index (χ2v) is 5.80.